The molecule has 0 aliphatic rings. The summed E-state index contributed by atoms with van der Waals surface area (Å²) in [6.45, 7) is 8.68. The summed E-state index contributed by atoms with van der Waals surface area (Å²) in [6, 6.07) is 4.14. The lowest BCUT2D eigenvalue weighted by Crippen LogP contribution is -2.36. The van der Waals surface area contributed by atoms with Gasteiger partial charge in [0, 0.05) is 25.1 Å². The van der Waals surface area contributed by atoms with Crippen molar-refractivity contribution in [1.82, 2.24) is 5.32 Å². The highest BCUT2D eigenvalue weighted by molar-refractivity contribution is 9.11. The minimum atomic E-state index is -0.0142. The van der Waals surface area contributed by atoms with Crippen LogP contribution in [0.3, 0.4) is 0 Å². The van der Waals surface area contributed by atoms with E-state index in [4.69, 9.17) is 4.74 Å². The van der Waals surface area contributed by atoms with E-state index in [2.05, 4.69) is 63.2 Å². The van der Waals surface area contributed by atoms with Gasteiger partial charge in [0.2, 0.25) is 0 Å². The Balaban J connectivity index is 2.68. The smallest absolute Gasteiger partial charge is 0.147 e. The summed E-state index contributed by atoms with van der Waals surface area (Å²) in [5, 5.41) is 13.0. The molecule has 0 saturated heterocycles. The molecule has 0 radical (unpaired) electrons. The highest BCUT2D eigenvalue weighted by atomic mass is 79.9. The van der Waals surface area contributed by atoms with E-state index in [1.54, 1.807) is 0 Å². The predicted molar refractivity (Wildman–Crippen MR) is 94.8 cm³/mol. The number of ether oxygens (including phenoxy) is 1. The van der Waals surface area contributed by atoms with Gasteiger partial charge in [-0.1, -0.05) is 13.8 Å². The number of aliphatic hydroxyl groups is 1. The molecule has 1 aromatic rings. The van der Waals surface area contributed by atoms with Crippen LogP contribution in [0.2, 0.25) is 0 Å². The zero-order chi connectivity index (χ0) is 15.9. The van der Waals surface area contributed by atoms with Crippen LogP contribution in [0.5, 0.6) is 5.75 Å². The molecule has 21 heavy (non-hydrogen) atoms. The van der Waals surface area contributed by atoms with Gasteiger partial charge >= 0.3 is 0 Å². The molecule has 1 aromatic carbocycles. The first-order valence-electron chi connectivity index (χ1n) is 7.44. The monoisotopic (exact) mass is 421 g/mol. The van der Waals surface area contributed by atoms with Crippen LogP contribution in [-0.4, -0.2) is 24.9 Å². The van der Waals surface area contributed by atoms with Crippen LogP contribution in [0.15, 0.2) is 21.1 Å². The topological polar surface area (TPSA) is 41.5 Å². The van der Waals surface area contributed by atoms with Crippen molar-refractivity contribution in [2.24, 2.45) is 5.41 Å². The maximum Gasteiger partial charge on any atom is 0.147 e. The summed E-state index contributed by atoms with van der Waals surface area (Å²) in [6.07, 6.45) is 1.95. The quantitative estimate of drug-likeness (QED) is 0.615. The van der Waals surface area contributed by atoms with Gasteiger partial charge in [0.1, 0.15) is 5.75 Å². The van der Waals surface area contributed by atoms with Gasteiger partial charge in [-0.3, -0.25) is 0 Å². The second kappa shape index (κ2) is 9.13. The van der Waals surface area contributed by atoms with Gasteiger partial charge in [-0.05, 0) is 69.3 Å². The molecule has 0 amide bonds. The molecule has 0 aromatic heterocycles. The highest BCUT2D eigenvalue weighted by Gasteiger charge is 2.24. The average molecular weight is 423 g/mol. The third kappa shape index (κ3) is 5.23. The number of halogens is 2. The van der Waals surface area contributed by atoms with E-state index >= 15 is 0 Å². The molecule has 0 fully saturated rings. The van der Waals surface area contributed by atoms with Gasteiger partial charge in [0.15, 0.2) is 0 Å². The Bertz CT molecular complexity index is 417. The summed E-state index contributed by atoms with van der Waals surface area (Å²) in [5.74, 6) is 0.841. The molecule has 0 atom stereocenters. The summed E-state index contributed by atoms with van der Waals surface area (Å²) < 4.78 is 7.49. The van der Waals surface area contributed by atoms with Crippen molar-refractivity contribution in [3.05, 3.63) is 26.6 Å². The van der Waals surface area contributed by atoms with Crippen LogP contribution in [-0.2, 0) is 6.54 Å². The fraction of sp³-hybridized carbons (Fsp3) is 0.625. The Morgan fingerprint density at radius 2 is 1.71 bits per heavy atom. The molecule has 0 unspecified atom stereocenters. The maximum atomic E-state index is 9.59. The zero-order valence-electron chi connectivity index (χ0n) is 13.0. The predicted octanol–water partition coefficient (Wildman–Crippen LogP) is 4.50. The van der Waals surface area contributed by atoms with E-state index in [-0.39, 0.29) is 12.0 Å². The van der Waals surface area contributed by atoms with Crippen molar-refractivity contribution in [2.45, 2.75) is 40.2 Å². The number of benzene rings is 1. The minimum absolute atomic E-state index is 0.0142. The fourth-order valence-electron chi connectivity index (χ4n) is 2.25. The molecule has 1 rings (SSSR count). The Kier molecular flexibility index (Phi) is 8.24. The lowest BCUT2D eigenvalue weighted by molar-refractivity contribution is 0.113. The SMILES string of the molecule is CCOc1c(Br)cc(CNCC(CC)(CC)CO)cc1Br. The first kappa shape index (κ1) is 18.9. The van der Waals surface area contributed by atoms with Crippen molar-refractivity contribution in [1.29, 1.82) is 0 Å². The van der Waals surface area contributed by atoms with Gasteiger partial charge in [-0.2, -0.15) is 0 Å². The van der Waals surface area contributed by atoms with Gasteiger partial charge < -0.3 is 15.2 Å². The van der Waals surface area contributed by atoms with Crippen molar-refractivity contribution in [2.75, 3.05) is 19.8 Å². The molecule has 0 bridgehead atoms. The average Bonchev–Trinajstić information content (AvgIpc) is 2.48. The van der Waals surface area contributed by atoms with E-state index in [0.29, 0.717) is 6.61 Å². The van der Waals surface area contributed by atoms with Crippen LogP contribution >= 0.6 is 31.9 Å². The first-order valence-corrected chi connectivity index (χ1v) is 9.02. The van der Waals surface area contributed by atoms with Gasteiger partial charge in [0.05, 0.1) is 15.6 Å². The van der Waals surface area contributed by atoms with E-state index in [1.165, 1.54) is 5.56 Å². The molecule has 0 heterocycles. The van der Waals surface area contributed by atoms with Crippen molar-refractivity contribution in [3.8, 4) is 5.75 Å². The zero-order valence-corrected chi connectivity index (χ0v) is 16.2. The molecular weight excluding hydrogens is 398 g/mol. The Hall–Kier alpha value is -0.100. The van der Waals surface area contributed by atoms with E-state index in [0.717, 1.165) is 40.6 Å². The van der Waals surface area contributed by atoms with Crippen LogP contribution in [0.4, 0.5) is 0 Å². The largest absolute Gasteiger partial charge is 0.492 e. The molecular formula is C16H25Br2NO2. The summed E-state index contributed by atoms with van der Waals surface area (Å²) in [5.41, 5.74) is 1.16. The molecule has 3 nitrogen and oxygen atoms in total. The number of hydrogen-bond acceptors (Lipinski definition) is 3. The second-order valence-corrected chi connectivity index (χ2v) is 7.00. The van der Waals surface area contributed by atoms with E-state index in [9.17, 15) is 5.11 Å². The van der Waals surface area contributed by atoms with Crippen molar-refractivity contribution >= 4 is 31.9 Å². The summed E-state index contributed by atoms with van der Waals surface area (Å²) in [4.78, 5) is 0. The Labute approximate surface area is 144 Å². The minimum Gasteiger partial charge on any atom is -0.492 e. The molecule has 2 N–H and O–H groups in total. The fourth-order valence-corrected chi connectivity index (χ4v) is 3.76. The lowest BCUT2D eigenvalue weighted by atomic mass is 9.83. The first-order chi connectivity index (χ1) is 10.0. The van der Waals surface area contributed by atoms with Crippen molar-refractivity contribution < 1.29 is 9.84 Å². The molecule has 0 spiro atoms. The van der Waals surface area contributed by atoms with Gasteiger partial charge in [-0.25, -0.2) is 0 Å². The normalized spacial score (nSPS) is 11.7. The van der Waals surface area contributed by atoms with Crippen LogP contribution < -0.4 is 10.1 Å². The summed E-state index contributed by atoms with van der Waals surface area (Å²) in [7, 11) is 0. The Morgan fingerprint density at radius 3 is 2.14 bits per heavy atom. The summed E-state index contributed by atoms with van der Waals surface area (Å²) >= 11 is 7.10. The maximum absolute atomic E-state index is 9.59. The van der Waals surface area contributed by atoms with Crippen LogP contribution in [0.25, 0.3) is 0 Å². The highest BCUT2D eigenvalue weighted by Crippen LogP contribution is 2.34. The number of rotatable bonds is 9. The van der Waals surface area contributed by atoms with E-state index < -0.39 is 0 Å². The third-order valence-corrected chi connectivity index (χ3v) is 5.19. The molecule has 120 valence electrons. The number of nitrogens with one attached hydrogen (secondary N) is 1. The lowest BCUT2D eigenvalue weighted by Gasteiger charge is -2.29. The molecule has 5 heteroatoms. The van der Waals surface area contributed by atoms with E-state index in [1.807, 2.05) is 6.92 Å². The van der Waals surface area contributed by atoms with Crippen molar-refractivity contribution in [3.63, 3.8) is 0 Å². The van der Waals surface area contributed by atoms with Crippen LogP contribution in [0, 0.1) is 5.41 Å². The molecule has 0 aliphatic heterocycles. The number of aliphatic hydroxyl groups excluding tert-OH is 1. The van der Waals surface area contributed by atoms with Gasteiger partial charge in [0.25, 0.3) is 0 Å². The number of hydrogen-bond donors (Lipinski definition) is 2. The second-order valence-electron chi connectivity index (χ2n) is 5.29. The third-order valence-electron chi connectivity index (χ3n) is 4.01. The molecule has 0 saturated carbocycles. The standard InChI is InChI=1S/C16H25Br2NO2/c1-4-16(5-2,11-20)10-19-9-12-7-13(17)15(21-6-3)14(18)8-12/h7-8,19-20H,4-6,9-11H2,1-3H3. The van der Waals surface area contributed by atoms with Gasteiger partial charge in [-0.15, -0.1) is 0 Å². The van der Waals surface area contributed by atoms with Crippen LogP contribution in [0.1, 0.15) is 39.2 Å². The molecule has 0 aliphatic carbocycles. The Morgan fingerprint density at radius 1 is 1.14 bits per heavy atom.